The lowest BCUT2D eigenvalue weighted by atomic mass is 9.47. The molecule has 0 N–H and O–H groups in total. The lowest BCUT2D eigenvalue weighted by molar-refractivity contribution is -0.148. The molecule has 37 heavy (non-hydrogen) atoms. The molecule has 3 nitrogen and oxygen atoms in total. The summed E-state index contributed by atoms with van der Waals surface area (Å²) >= 11 is 0. The first-order valence-electron chi connectivity index (χ1n) is 14.3. The molecule has 3 saturated carbocycles. The van der Waals surface area contributed by atoms with Crippen molar-refractivity contribution >= 4 is 11.8 Å². The van der Waals surface area contributed by atoms with Crippen LogP contribution in [0.5, 0.6) is 0 Å². The maximum atomic E-state index is 14.2. The van der Waals surface area contributed by atoms with Crippen LogP contribution < -0.4 is 0 Å². The van der Waals surface area contributed by atoms with E-state index in [1.165, 1.54) is 24.5 Å². The third-order valence-electron chi connectivity index (χ3n) is 11.0. The van der Waals surface area contributed by atoms with Gasteiger partial charge in [-0.3, -0.25) is 9.59 Å². The molecule has 194 valence electrons. The zero-order valence-corrected chi connectivity index (χ0v) is 22.5. The van der Waals surface area contributed by atoms with Gasteiger partial charge in [-0.25, -0.2) is 0 Å². The Morgan fingerprint density at radius 2 is 1.59 bits per heavy atom. The van der Waals surface area contributed by atoms with Gasteiger partial charge in [-0.1, -0.05) is 86.2 Å². The molecule has 0 aromatic heterocycles. The highest BCUT2D eigenvalue weighted by molar-refractivity contribution is 5.99. The van der Waals surface area contributed by atoms with Crippen molar-refractivity contribution in [2.24, 2.45) is 34.5 Å². The van der Waals surface area contributed by atoms with Crippen molar-refractivity contribution in [3.05, 3.63) is 83.4 Å². The van der Waals surface area contributed by atoms with Gasteiger partial charge in [0.05, 0.1) is 0 Å². The Balaban J connectivity index is 1.35. The zero-order valence-electron chi connectivity index (χ0n) is 22.5. The van der Waals surface area contributed by atoms with Crippen LogP contribution in [0.3, 0.4) is 0 Å². The molecular weight excluding hydrogens is 456 g/mol. The van der Waals surface area contributed by atoms with Crippen LogP contribution in [0.4, 0.5) is 0 Å². The molecule has 3 fully saturated rings. The average molecular weight is 497 g/mol. The van der Waals surface area contributed by atoms with Crippen molar-refractivity contribution in [1.29, 1.82) is 0 Å². The molecule has 0 heterocycles. The fraction of sp³-hybridized carbons (Fsp3) is 0.529. The van der Waals surface area contributed by atoms with Crippen molar-refractivity contribution in [1.82, 2.24) is 0 Å². The van der Waals surface area contributed by atoms with Gasteiger partial charge < -0.3 is 4.74 Å². The summed E-state index contributed by atoms with van der Waals surface area (Å²) in [6.07, 6.45) is 9.97. The largest absolute Gasteiger partial charge is 0.462 e. The van der Waals surface area contributed by atoms with E-state index in [0.29, 0.717) is 23.5 Å². The molecule has 2 aromatic carbocycles. The second-order valence-corrected chi connectivity index (χ2v) is 12.7. The van der Waals surface area contributed by atoms with E-state index in [0.717, 1.165) is 44.1 Å². The first-order valence-corrected chi connectivity index (χ1v) is 14.3. The van der Waals surface area contributed by atoms with Crippen LogP contribution in [0.15, 0.2) is 72.3 Å². The number of esters is 1. The molecule has 8 atom stereocenters. The second-order valence-electron chi connectivity index (χ2n) is 12.7. The summed E-state index contributed by atoms with van der Waals surface area (Å²) in [5.41, 5.74) is 3.89. The number of ether oxygens (including phenoxy) is 1. The van der Waals surface area contributed by atoms with Crippen LogP contribution in [-0.2, 0) is 9.53 Å². The molecule has 0 bridgehead atoms. The molecule has 4 aliphatic rings. The van der Waals surface area contributed by atoms with E-state index in [-0.39, 0.29) is 34.7 Å². The van der Waals surface area contributed by atoms with E-state index in [1.807, 2.05) is 30.3 Å². The molecule has 0 unspecified atom stereocenters. The molecular formula is C34H40O3. The summed E-state index contributed by atoms with van der Waals surface area (Å²) < 4.78 is 5.63. The molecule has 6 rings (SSSR count). The van der Waals surface area contributed by atoms with Crippen molar-refractivity contribution in [2.75, 3.05) is 0 Å². The van der Waals surface area contributed by atoms with E-state index in [9.17, 15) is 9.59 Å². The van der Waals surface area contributed by atoms with Gasteiger partial charge in [0.1, 0.15) is 6.10 Å². The number of carbonyl (C=O) groups excluding carboxylic acids is 2. The normalized spacial score (nSPS) is 38.5. The standard InChI is InChI=1S/C34H40O3/c1-22(35)37-26-16-18-33(2)25(20-26)14-15-27-29(33)17-19-34(3)30(27)21-28(23-10-6-4-7-11-23)31(34)32(36)24-12-8-5-9-13-24/h4-14,26-31H,15-21H2,1-3H3/t26-,27+,28-,29-,30-,31+,33-,34-/m0/s1. The van der Waals surface area contributed by atoms with E-state index in [2.05, 4.69) is 50.3 Å². The number of hydrogen-bond donors (Lipinski definition) is 0. The molecule has 0 aliphatic heterocycles. The highest BCUT2D eigenvalue weighted by Gasteiger charge is 2.62. The summed E-state index contributed by atoms with van der Waals surface area (Å²) in [7, 11) is 0. The summed E-state index contributed by atoms with van der Waals surface area (Å²) in [4.78, 5) is 25.8. The smallest absolute Gasteiger partial charge is 0.302 e. The Hall–Kier alpha value is -2.68. The maximum absolute atomic E-state index is 14.2. The summed E-state index contributed by atoms with van der Waals surface area (Å²) in [6.45, 7) is 6.46. The number of rotatable bonds is 4. The van der Waals surface area contributed by atoms with E-state index in [4.69, 9.17) is 4.74 Å². The van der Waals surface area contributed by atoms with Crippen molar-refractivity contribution in [3.63, 3.8) is 0 Å². The minimum absolute atomic E-state index is 0.00520. The molecule has 0 amide bonds. The first-order chi connectivity index (χ1) is 17.8. The van der Waals surface area contributed by atoms with Crippen LogP contribution in [-0.4, -0.2) is 17.9 Å². The van der Waals surface area contributed by atoms with Crippen molar-refractivity contribution < 1.29 is 14.3 Å². The fourth-order valence-corrected chi connectivity index (χ4v) is 9.30. The van der Waals surface area contributed by atoms with Gasteiger partial charge in [-0.15, -0.1) is 0 Å². The monoisotopic (exact) mass is 496 g/mol. The molecule has 0 saturated heterocycles. The van der Waals surface area contributed by atoms with E-state index in [1.54, 1.807) is 0 Å². The van der Waals surface area contributed by atoms with E-state index < -0.39 is 0 Å². The van der Waals surface area contributed by atoms with Crippen LogP contribution >= 0.6 is 0 Å². The third kappa shape index (κ3) is 4.01. The third-order valence-corrected chi connectivity index (χ3v) is 11.0. The Labute approximate surface area is 221 Å². The van der Waals surface area contributed by atoms with Crippen LogP contribution in [0, 0.1) is 34.5 Å². The van der Waals surface area contributed by atoms with Crippen LogP contribution in [0.25, 0.3) is 0 Å². The lowest BCUT2D eigenvalue weighted by Crippen LogP contribution is -2.51. The molecule has 2 aromatic rings. The Kier molecular flexibility index (Phi) is 6.17. The Bertz CT molecular complexity index is 1200. The number of hydrogen-bond acceptors (Lipinski definition) is 3. The Morgan fingerprint density at radius 3 is 2.30 bits per heavy atom. The van der Waals surface area contributed by atoms with Gasteiger partial charge in [0.15, 0.2) is 5.78 Å². The highest BCUT2D eigenvalue weighted by atomic mass is 16.5. The van der Waals surface area contributed by atoms with Crippen LogP contribution in [0.1, 0.15) is 87.6 Å². The maximum Gasteiger partial charge on any atom is 0.302 e. The highest BCUT2D eigenvalue weighted by Crippen LogP contribution is 2.69. The van der Waals surface area contributed by atoms with Gasteiger partial charge >= 0.3 is 5.97 Å². The van der Waals surface area contributed by atoms with Gasteiger partial charge in [0, 0.05) is 24.8 Å². The van der Waals surface area contributed by atoms with Gasteiger partial charge in [0.25, 0.3) is 0 Å². The first kappa shape index (κ1) is 24.6. The Morgan fingerprint density at radius 1 is 0.892 bits per heavy atom. The predicted molar refractivity (Wildman–Crippen MR) is 146 cm³/mol. The summed E-state index contributed by atoms with van der Waals surface area (Å²) in [5.74, 6) is 2.24. The van der Waals surface area contributed by atoms with Crippen molar-refractivity contribution in [3.8, 4) is 0 Å². The minimum atomic E-state index is -0.164. The number of ketones is 1. The van der Waals surface area contributed by atoms with Crippen molar-refractivity contribution in [2.45, 2.75) is 77.7 Å². The van der Waals surface area contributed by atoms with Crippen LogP contribution in [0.2, 0.25) is 0 Å². The van der Waals surface area contributed by atoms with E-state index >= 15 is 0 Å². The summed E-state index contributed by atoms with van der Waals surface area (Å²) in [6, 6.07) is 20.8. The molecule has 3 heteroatoms. The number of Topliss-reactive ketones (excluding diaryl/α,β-unsaturated/α-hetero) is 1. The topological polar surface area (TPSA) is 43.4 Å². The minimum Gasteiger partial charge on any atom is -0.462 e. The number of allylic oxidation sites excluding steroid dienone is 1. The quantitative estimate of drug-likeness (QED) is 0.247. The number of benzene rings is 2. The molecule has 0 spiro atoms. The van der Waals surface area contributed by atoms with Gasteiger partial charge in [0.2, 0.25) is 0 Å². The molecule has 4 aliphatic carbocycles. The second kappa shape index (κ2) is 9.26. The zero-order chi connectivity index (χ0) is 25.8. The summed E-state index contributed by atoms with van der Waals surface area (Å²) in [5, 5.41) is 0. The number of carbonyl (C=O) groups is 2. The number of fused-ring (bicyclic) bond motifs is 5. The fourth-order valence-electron chi connectivity index (χ4n) is 9.30. The predicted octanol–water partition coefficient (Wildman–Crippen LogP) is 7.77. The molecule has 0 radical (unpaired) electrons. The van der Waals surface area contributed by atoms with Gasteiger partial charge in [-0.2, -0.15) is 0 Å². The SMILES string of the molecule is CC(=O)O[C@H]1CC[C@@]2(C)C(=CC[C@H]3[C@@H]4C[C@@H](c5ccccc5)[C@H](C(=O)c5ccccc5)[C@@]4(C)CC[C@@H]32)C1. The van der Waals surface area contributed by atoms with Gasteiger partial charge in [-0.05, 0) is 78.6 Å². The lowest BCUT2D eigenvalue weighted by Gasteiger charge is -2.58. The average Bonchev–Trinajstić information content (AvgIpc) is 3.22.